The van der Waals surface area contributed by atoms with E-state index in [0.29, 0.717) is 11.6 Å². The van der Waals surface area contributed by atoms with Crippen LogP contribution in [0.2, 0.25) is 0 Å². The largest absolute Gasteiger partial charge is 0.383 e. The molecule has 0 aliphatic heterocycles. The molecule has 0 unspecified atom stereocenters. The summed E-state index contributed by atoms with van der Waals surface area (Å²) in [5.41, 5.74) is 9.73. The molecule has 3 heterocycles. The molecular formula is C11H10N4S2. The summed E-state index contributed by atoms with van der Waals surface area (Å²) in [6.07, 6.45) is 0. The monoisotopic (exact) mass is 262 g/mol. The Labute approximate surface area is 106 Å². The third-order valence-electron chi connectivity index (χ3n) is 2.72. The van der Waals surface area contributed by atoms with Gasteiger partial charge in [0.2, 0.25) is 0 Å². The van der Waals surface area contributed by atoms with Crippen molar-refractivity contribution in [2.45, 2.75) is 13.8 Å². The highest BCUT2D eigenvalue weighted by Gasteiger charge is 2.14. The number of aromatic nitrogens is 3. The first kappa shape index (κ1) is 10.6. The Morgan fingerprint density at radius 1 is 1.24 bits per heavy atom. The van der Waals surface area contributed by atoms with E-state index < -0.39 is 0 Å². The minimum absolute atomic E-state index is 0.542. The van der Waals surface area contributed by atoms with E-state index in [4.69, 9.17) is 5.73 Å². The van der Waals surface area contributed by atoms with E-state index in [1.165, 1.54) is 21.8 Å². The second kappa shape index (κ2) is 3.75. The van der Waals surface area contributed by atoms with Crippen molar-refractivity contribution >= 4 is 38.7 Å². The number of thiophene rings is 1. The number of anilines is 1. The van der Waals surface area contributed by atoms with Gasteiger partial charge in [-0.2, -0.15) is 0 Å². The lowest BCUT2D eigenvalue weighted by Gasteiger charge is -2.00. The van der Waals surface area contributed by atoms with Crippen molar-refractivity contribution in [2.24, 2.45) is 0 Å². The lowest BCUT2D eigenvalue weighted by Crippen LogP contribution is -1.96. The highest BCUT2D eigenvalue weighted by atomic mass is 32.1. The van der Waals surface area contributed by atoms with Crippen LogP contribution in [0.5, 0.6) is 0 Å². The van der Waals surface area contributed by atoms with Crippen molar-refractivity contribution in [1.29, 1.82) is 0 Å². The molecule has 0 atom stereocenters. The number of hydrogen-bond donors (Lipinski definition) is 1. The van der Waals surface area contributed by atoms with Crippen LogP contribution in [0.1, 0.15) is 10.4 Å². The molecule has 6 heteroatoms. The molecule has 2 N–H and O–H groups in total. The number of fused-ring (bicyclic) bond motifs is 1. The Kier molecular flexibility index (Phi) is 2.34. The predicted octanol–water partition coefficient (Wildman–Crippen LogP) is 3.01. The fourth-order valence-corrected chi connectivity index (χ4v) is 3.29. The molecule has 17 heavy (non-hydrogen) atoms. The molecule has 3 aromatic rings. The number of aryl methyl sites for hydroxylation is 2. The van der Waals surface area contributed by atoms with Gasteiger partial charge in [-0.25, -0.2) is 15.0 Å². The Morgan fingerprint density at radius 2 is 2.06 bits per heavy atom. The number of nitrogens with two attached hydrogens (primary N) is 1. The zero-order chi connectivity index (χ0) is 12.0. The van der Waals surface area contributed by atoms with Gasteiger partial charge in [0.1, 0.15) is 16.3 Å². The second-order valence-corrected chi connectivity index (χ2v) is 5.69. The zero-order valence-electron chi connectivity index (χ0n) is 9.39. The molecule has 0 fully saturated rings. The summed E-state index contributed by atoms with van der Waals surface area (Å²) in [4.78, 5) is 15.2. The maximum Gasteiger partial charge on any atom is 0.182 e. The van der Waals surface area contributed by atoms with Gasteiger partial charge in [-0.05, 0) is 19.4 Å². The molecule has 0 aliphatic carbocycles. The average molecular weight is 262 g/mol. The first-order chi connectivity index (χ1) is 8.16. The van der Waals surface area contributed by atoms with Gasteiger partial charge < -0.3 is 5.73 Å². The van der Waals surface area contributed by atoms with Crippen LogP contribution in [0.4, 0.5) is 5.82 Å². The lowest BCUT2D eigenvalue weighted by atomic mass is 10.2. The van der Waals surface area contributed by atoms with Crippen molar-refractivity contribution in [2.75, 3.05) is 5.73 Å². The van der Waals surface area contributed by atoms with Crippen LogP contribution >= 0.6 is 22.7 Å². The minimum atomic E-state index is 0.542. The molecule has 0 radical (unpaired) electrons. The van der Waals surface area contributed by atoms with Gasteiger partial charge >= 0.3 is 0 Å². The molecule has 0 amide bonds. The Hall–Kier alpha value is -1.53. The number of rotatable bonds is 1. The van der Waals surface area contributed by atoms with E-state index >= 15 is 0 Å². The predicted molar refractivity (Wildman–Crippen MR) is 72.4 cm³/mol. The molecular weight excluding hydrogens is 252 g/mol. The molecule has 86 valence electrons. The van der Waals surface area contributed by atoms with Crippen LogP contribution in [0.25, 0.3) is 21.7 Å². The SMILES string of the molecule is Cc1sc2nc(-c3cscn3)nc(N)c2c1C. The third kappa shape index (κ3) is 1.60. The first-order valence-corrected chi connectivity index (χ1v) is 6.84. The van der Waals surface area contributed by atoms with Crippen molar-refractivity contribution < 1.29 is 0 Å². The quantitative estimate of drug-likeness (QED) is 0.732. The summed E-state index contributed by atoms with van der Waals surface area (Å²) in [5, 5.41) is 2.90. The maximum absolute atomic E-state index is 6.01. The Bertz CT molecular complexity index is 685. The van der Waals surface area contributed by atoms with Crippen molar-refractivity contribution in [3.63, 3.8) is 0 Å². The highest BCUT2D eigenvalue weighted by molar-refractivity contribution is 7.18. The maximum atomic E-state index is 6.01. The van der Waals surface area contributed by atoms with E-state index in [9.17, 15) is 0 Å². The van der Waals surface area contributed by atoms with Crippen LogP contribution in [-0.2, 0) is 0 Å². The standard InChI is InChI=1S/C11H10N4S2/c1-5-6(2)17-11-8(5)9(12)14-10(15-11)7-3-16-4-13-7/h3-4H,1-2H3,(H2,12,14,15). The minimum Gasteiger partial charge on any atom is -0.383 e. The average Bonchev–Trinajstić information content (AvgIpc) is 2.88. The highest BCUT2D eigenvalue weighted by Crippen LogP contribution is 2.33. The molecule has 0 spiro atoms. The van der Waals surface area contributed by atoms with E-state index in [1.54, 1.807) is 16.8 Å². The Balaban J connectivity index is 2.32. The molecule has 3 rings (SSSR count). The van der Waals surface area contributed by atoms with Gasteiger partial charge in [0.05, 0.1) is 10.9 Å². The topological polar surface area (TPSA) is 64.7 Å². The molecule has 4 nitrogen and oxygen atoms in total. The van der Waals surface area contributed by atoms with Crippen LogP contribution < -0.4 is 5.73 Å². The number of thiazole rings is 1. The van der Waals surface area contributed by atoms with Crippen LogP contribution in [0.3, 0.4) is 0 Å². The fourth-order valence-electron chi connectivity index (χ4n) is 1.72. The van der Waals surface area contributed by atoms with E-state index in [0.717, 1.165) is 15.9 Å². The van der Waals surface area contributed by atoms with Gasteiger partial charge in [-0.15, -0.1) is 22.7 Å². The molecule has 3 aromatic heterocycles. The fraction of sp³-hybridized carbons (Fsp3) is 0.182. The van der Waals surface area contributed by atoms with Crippen molar-refractivity contribution in [1.82, 2.24) is 15.0 Å². The van der Waals surface area contributed by atoms with Gasteiger partial charge in [0.15, 0.2) is 5.82 Å². The second-order valence-electron chi connectivity index (χ2n) is 3.77. The smallest absolute Gasteiger partial charge is 0.182 e. The molecule has 0 bridgehead atoms. The zero-order valence-corrected chi connectivity index (χ0v) is 11.0. The van der Waals surface area contributed by atoms with Gasteiger partial charge in [0, 0.05) is 10.3 Å². The molecule has 0 aliphatic rings. The van der Waals surface area contributed by atoms with Crippen LogP contribution in [0, 0.1) is 13.8 Å². The van der Waals surface area contributed by atoms with Crippen LogP contribution in [-0.4, -0.2) is 15.0 Å². The summed E-state index contributed by atoms with van der Waals surface area (Å²) in [5.74, 6) is 1.15. The van der Waals surface area contributed by atoms with E-state index in [2.05, 4.69) is 28.8 Å². The van der Waals surface area contributed by atoms with Gasteiger partial charge in [-0.3, -0.25) is 0 Å². The number of nitrogen functional groups attached to an aromatic ring is 1. The number of nitrogens with zero attached hydrogens (tertiary/aromatic N) is 3. The van der Waals surface area contributed by atoms with Crippen molar-refractivity contribution in [3.05, 3.63) is 21.3 Å². The molecule has 0 saturated heterocycles. The van der Waals surface area contributed by atoms with E-state index in [1.807, 2.05) is 5.38 Å². The Morgan fingerprint density at radius 3 is 2.76 bits per heavy atom. The molecule has 0 aromatic carbocycles. The summed E-state index contributed by atoms with van der Waals surface area (Å²) in [6, 6.07) is 0. The van der Waals surface area contributed by atoms with Crippen molar-refractivity contribution in [3.8, 4) is 11.5 Å². The number of hydrogen-bond acceptors (Lipinski definition) is 6. The normalized spacial score (nSPS) is 11.2. The van der Waals surface area contributed by atoms with Gasteiger partial charge in [0.25, 0.3) is 0 Å². The van der Waals surface area contributed by atoms with E-state index in [-0.39, 0.29) is 0 Å². The summed E-state index contributed by atoms with van der Waals surface area (Å²) in [7, 11) is 0. The summed E-state index contributed by atoms with van der Waals surface area (Å²) in [6.45, 7) is 4.13. The third-order valence-corrected chi connectivity index (χ3v) is 4.41. The lowest BCUT2D eigenvalue weighted by molar-refractivity contribution is 1.21. The van der Waals surface area contributed by atoms with Crippen LogP contribution in [0.15, 0.2) is 10.9 Å². The van der Waals surface area contributed by atoms with Gasteiger partial charge in [-0.1, -0.05) is 0 Å². The summed E-state index contributed by atoms with van der Waals surface area (Å²) < 4.78 is 0. The first-order valence-electron chi connectivity index (χ1n) is 5.08. The molecule has 0 saturated carbocycles. The summed E-state index contributed by atoms with van der Waals surface area (Å²) >= 11 is 3.17.